The maximum Gasteiger partial charge on any atom is 0.227 e. The van der Waals surface area contributed by atoms with Gasteiger partial charge in [0.15, 0.2) is 0 Å². The Labute approximate surface area is 102 Å². The number of amides is 2. The Morgan fingerprint density at radius 3 is 2.76 bits per heavy atom. The number of nitrogens with two attached hydrogens (primary N) is 1. The highest BCUT2D eigenvalue weighted by Crippen LogP contribution is 2.23. The number of hydrogen-bond donors (Lipinski definition) is 2. The predicted octanol–water partition coefficient (Wildman–Crippen LogP) is -0.148. The summed E-state index contributed by atoms with van der Waals surface area (Å²) in [5.74, 6) is 0.00340. The summed E-state index contributed by atoms with van der Waals surface area (Å²) in [7, 11) is 0. The van der Waals surface area contributed by atoms with Gasteiger partial charge in [-0.05, 0) is 32.2 Å². The molecule has 0 aromatic rings. The zero-order valence-corrected chi connectivity index (χ0v) is 10.2. The highest BCUT2D eigenvalue weighted by molar-refractivity contribution is 5.81. The molecule has 5 nitrogen and oxygen atoms in total. The van der Waals surface area contributed by atoms with Crippen molar-refractivity contribution in [3.8, 4) is 0 Å². The van der Waals surface area contributed by atoms with Crippen LogP contribution in [-0.2, 0) is 9.59 Å². The quantitative estimate of drug-likeness (QED) is 0.719. The topological polar surface area (TPSA) is 75.4 Å². The molecule has 2 amide bonds. The Morgan fingerprint density at radius 1 is 1.29 bits per heavy atom. The maximum atomic E-state index is 12.3. The minimum Gasteiger partial charge on any atom is -0.370 e. The molecule has 2 aliphatic rings. The summed E-state index contributed by atoms with van der Waals surface area (Å²) in [6.45, 7) is 2.48. The van der Waals surface area contributed by atoms with E-state index in [2.05, 4.69) is 5.32 Å². The minimum absolute atomic E-state index is 0.0364. The summed E-state index contributed by atoms with van der Waals surface area (Å²) in [5, 5.41) is 3.21. The fourth-order valence-electron chi connectivity index (χ4n) is 2.84. The second-order valence-corrected chi connectivity index (χ2v) is 5.04. The van der Waals surface area contributed by atoms with Gasteiger partial charge in [-0.1, -0.05) is 0 Å². The summed E-state index contributed by atoms with van der Waals surface area (Å²) in [5.41, 5.74) is 5.25. The van der Waals surface area contributed by atoms with Crippen LogP contribution in [0, 0.1) is 5.92 Å². The van der Waals surface area contributed by atoms with Gasteiger partial charge in [0, 0.05) is 25.6 Å². The predicted molar refractivity (Wildman–Crippen MR) is 64.1 cm³/mol. The molecule has 96 valence electrons. The summed E-state index contributed by atoms with van der Waals surface area (Å²) in [6, 6.07) is 0.0364. The van der Waals surface area contributed by atoms with Crippen LogP contribution < -0.4 is 11.1 Å². The molecule has 2 atom stereocenters. The first kappa shape index (κ1) is 12.4. The van der Waals surface area contributed by atoms with Crippen molar-refractivity contribution in [1.82, 2.24) is 10.2 Å². The number of nitrogens with one attached hydrogen (secondary N) is 1. The fraction of sp³-hybridized carbons (Fsp3) is 0.833. The van der Waals surface area contributed by atoms with Gasteiger partial charge in [-0.3, -0.25) is 9.59 Å². The molecule has 0 saturated carbocycles. The van der Waals surface area contributed by atoms with Gasteiger partial charge in [-0.15, -0.1) is 0 Å². The van der Waals surface area contributed by atoms with Crippen LogP contribution in [0.2, 0.25) is 0 Å². The second kappa shape index (κ2) is 5.49. The molecule has 2 aliphatic heterocycles. The summed E-state index contributed by atoms with van der Waals surface area (Å²) >= 11 is 0. The van der Waals surface area contributed by atoms with Crippen molar-refractivity contribution in [3.05, 3.63) is 0 Å². The smallest absolute Gasteiger partial charge is 0.227 e. The van der Waals surface area contributed by atoms with E-state index < -0.39 is 0 Å². The van der Waals surface area contributed by atoms with E-state index in [1.807, 2.05) is 4.90 Å². The Hall–Kier alpha value is -1.10. The van der Waals surface area contributed by atoms with Gasteiger partial charge in [0.05, 0.1) is 5.92 Å². The van der Waals surface area contributed by atoms with Crippen LogP contribution in [0.3, 0.4) is 0 Å². The number of primary amides is 1. The Kier molecular flexibility index (Phi) is 3.99. The fourth-order valence-corrected chi connectivity index (χ4v) is 2.84. The number of nitrogens with zero attached hydrogens (tertiary/aromatic N) is 1. The molecule has 17 heavy (non-hydrogen) atoms. The van der Waals surface area contributed by atoms with Crippen LogP contribution in [-0.4, -0.2) is 42.4 Å². The van der Waals surface area contributed by atoms with Gasteiger partial charge < -0.3 is 16.0 Å². The average Bonchev–Trinajstić information content (AvgIpc) is 2.81. The van der Waals surface area contributed by atoms with Crippen molar-refractivity contribution >= 4 is 11.8 Å². The van der Waals surface area contributed by atoms with Crippen LogP contribution in [0.25, 0.3) is 0 Å². The molecule has 0 radical (unpaired) electrons. The first-order valence-corrected chi connectivity index (χ1v) is 6.48. The van der Waals surface area contributed by atoms with Gasteiger partial charge >= 0.3 is 0 Å². The van der Waals surface area contributed by atoms with Gasteiger partial charge in [-0.2, -0.15) is 0 Å². The van der Waals surface area contributed by atoms with Crippen molar-refractivity contribution in [1.29, 1.82) is 0 Å². The zero-order valence-electron chi connectivity index (χ0n) is 10.2. The van der Waals surface area contributed by atoms with E-state index in [0.717, 1.165) is 45.3 Å². The lowest BCUT2D eigenvalue weighted by molar-refractivity contribution is -0.139. The number of rotatable bonds is 3. The molecule has 0 aliphatic carbocycles. The highest BCUT2D eigenvalue weighted by Gasteiger charge is 2.33. The van der Waals surface area contributed by atoms with Crippen LogP contribution in [0.4, 0.5) is 0 Å². The van der Waals surface area contributed by atoms with E-state index in [1.54, 1.807) is 0 Å². The summed E-state index contributed by atoms with van der Waals surface area (Å²) in [4.78, 5) is 25.2. The number of likely N-dealkylation sites (tertiary alicyclic amines) is 1. The molecular formula is C12H21N3O2. The van der Waals surface area contributed by atoms with E-state index >= 15 is 0 Å². The summed E-state index contributed by atoms with van der Waals surface area (Å²) in [6.07, 6.45) is 4.27. The third kappa shape index (κ3) is 2.97. The lowest BCUT2D eigenvalue weighted by Gasteiger charge is -2.36. The van der Waals surface area contributed by atoms with Crippen molar-refractivity contribution < 1.29 is 9.59 Å². The molecule has 2 heterocycles. The lowest BCUT2D eigenvalue weighted by Crippen LogP contribution is -2.48. The Bertz CT molecular complexity index is 300. The van der Waals surface area contributed by atoms with Crippen LogP contribution in [0.5, 0.6) is 0 Å². The lowest BCUT2D eigenvalue weighted by atomic mass is 9.96. The van der Waals surface area contributed by atoms with E-state index in [-0.39, 0.29) is 23.8 Å². The largest absolute Gasteiger partial charge is 0.370 e. The minimum atomic E-state index is -0.306. The molecule has 5 heteroatoms. The van der Waals surface area contributed by atoms with Crippen molar-refractivity contribution in [2.75, 3.05) is 19.6 Å². The van der Waals surface area contributed by atoms with Crippen molar-refractivity contribution in [2.45, 2.75) is 38.1 Å². The van der Waals surface area contributed by atoms with Gasteiger partial charge in [0.1, 0.15) is 0 Å². The third-order valence-electron chi connectivity index (χ3n) is 3.76. The number of piperidine rings is 1. The SMILES string of the molecule is NC(=O)C[C@H]1CCCCN1C(=O)[C@@H]1CCNC1. The maximum absolute atomic E-state index is 12.3. The molecule has 3 N–H and O–H groups in total. The van der Waals surface area contributed by atoms with Gasteiger partial charge in [0.25, 0.3) is 0 Å². The van der Waals surface area contributed by atoms with E-state index in [0.29, 0.717) is 6.42 Å². The first-order chi connectivity index (χ1) is 8.18. The second-order valence-electron chi connectivity index (χ2n) is 5.04. The number of carbonyl (C=O) groups is 2. The number of hydrogen-bond acceptors (Lipinski definition) is 3. The van der Waals surface area contributed by atoms with Crippen LogP contribution in [0.15, 0.2) is 0 Å². The molecule has 0 aromatic carbocycles. The Morgan fingerprint density at radius 2 is 2.12 bits per heavy atom. The molecule has 0 aromatic heterocycles. The van der Waals surface area contributed by atoms with Gasteiger partial charge in [0.2, 0.25) is 11.8 Å². The zero-order chi connectivity index (χ0) is 12.3. The molecular weight excluding hydrogens is 218 g/mol. The van der Waals surface area contributed by atoms with Crippen molar-refractivity contribution in [3.63, 3.8) is 0 Å². The van der Waals surface area contributed by atoms with Crippen LogP contribution >= 0.6 is 0 Å². The van der Waals surface area contributed by atoms with E-state index in [4.69, 9.17) is 5.73 Å². The first-order valence-electron chi connectivity index (χ1n) is 6.48. The number of carbonyl (C=O) groups excluding carboxylic acids is 2. The molecule has 0 unspecified atom stereocenters. The van der Waals surface area contributed by atoms with Crippen LogP contribution in [0.1, 0.15) is 32.1 Å². The molecule has 2 rings (SSSR count). The van der Waals surface area contributed by atoms with E-state index in [9.17, 15) is 9.59 Å². The van der Waals surface area contributed by atoms with Crippen molar-refractivity contribution in [2.24, 2.45) is 11.7 Å². The molecule has 0 bridgehead atoms. The molecule has 2 saturated heterocycles. The van der Waals surface area contributed by atoms with Gasteiger partial charge in [-0.25, -0.2) is 0 Å². The van der Waals surface area contributed by atoms with E-state index in [1.165, 1.54) is 0 Å². The average molecular weight is 239 g/mol. The Balaban J connectivity index is 1.99. The monoisotopic (exact) mass is 239 g/mol. The third-order valence-corrected chi connectivity index (χ3v) is 3.76. The molecule has 2 fully saturated rings. The molecule has 0 spiro atoms. The normalized spacial score (nSPS) is 29.3. The highest BCUT2D eigenvalue weighted by atomic mass is 16.2. The standard InChI is InChI=1S/C12H21N3O2/c13-11(16)7-10-3-1-2-6-15(10)12(17)9-4-5-14-8-9/h9-10,14H,1-8H2,(H2,13,16)/t9-,10-/m1/s1. The summed E-state index contributed by atoms with van der Waals surface area (Å²) < 4.78 is 0.